The minimum atomic E-state index is 0.568. The van der Waals surface area contributed by atoms with Gasteiger partial charge in [0.25, 0.3) is 0 Å². The third kappa shape index (κ3) is 1.50. The SMILES string of the molecule is c1coc(CNc2nncc3cncn23)c1. The van der Waals surface area contributed by atoms with Crippen LogP contribution in [0.5, 0.6) is 0 Å². The molecule has 6 nitrogen and oxygen atoms in total. The summed E-state index contributed by atoms with van der Waals surface area (Å²) in [7, 11) is 0. The Morgan fingerprint density at radius 1 is 1.38 bits per heavy atom. The van der Waals surface area contributed by atoms with Crippen molar-refractivity contribution in [3.63, 3.8) is 0 Å². The molecule has 0 spiro atoms. The van der Waals surface area contributed by atoms with Crippen LogP contribution in [0.2, 0.25) is 0 Å². The van der Waals surface area contributed by atoms with Crippen LogP contribution in [-0.4, -0.2) is 19.6 Å². The second kappa shape index (κ2) is 3.65. The van der Waals surface area contributed by atoms with Crippen molar-refractivity contribution in [2.45, 2.75) is 6.54 Å². The van der Waals surface area contributed by atoms with Gasteiger partial charge in [-0.25, -0.2) is 4.98 Å². The zero-order chi connectivity index (χ0) is 10.8. The predicted molar refractivity (Wildman–Crippen MR) is 56.8 cm³/mol. The molecule has 0 saturated heterocycles. The highest BCUT2D eigenvalue weighted by Gasteiger charge is 2.03. The lowest BCUT2D eigenvalue weighted by Gasteiger charge is -2.04. The maximum Gasteiger partial charge on any atom is 0.229 e. The largest absolute Gasteiger partial charge is 0.467 e. The van der Waals surface area contributed by atoms with Gasteiger partial charge in [0.1, 0.15) is 12.1 Å². The number of nitrogens with zero attached hydrogens (tertiary/aromatic N) is 4. The predicted octanol–water partition coefficient (Wildman–Crippen LogP) is 1.33. The van der Waals surface area contributed by atoms with Crippen molar-refractivity contribution >= 4 is 11.5 Å². The molecule has 0 bridgehead atoms. The number of nitrogens with one attached hydrogen (secondary N) is 1. The smallest absolute Gasteiger partial charge is 0.229 e. The van der Waals surface area contributed by atoms with E-state index in [1.165, 1.54) is 0 Å². The van der Waals surface area contributed by atoms with Gasteiger partial charge < -0.3 is 9.73 Å². The standard InChI is InChI=1S/C10H9N5O/c1-2-9(16-3-1)6-12-10-14-13-5-8-4-11-7-15(8)10/h1-5,7H,6H2,(H,12,14). The quantitative estimate of drug-likeness (QED) is 0.713. The molecule has 0 atom stereocenters. The molecule has 0 aliphatic heterocycles. The van der Waals surface area contributed by atoms with Crippen molar-refractivity contribution in [2.24, 2.45) is 0 Å². The van der Waals surface area contributed by atoms with Gasteiger partial charge in [0.15, 0.2) is 0 Å². The summed E-state index contributed by atoms with van der Waals surface area (Å²) < 4.78 is 7.04. The Balaban J connectivity index is 1.86. The molecule has 3 rings (SSSR count). The van der Waals surface area contributed by atoms with Crippen molar-refractivity contribution in [3.05, 3.63) is 42.9 Å². The van der Waals surface area contributed by atoms with Gasteiger partial charge in [0.05, 0.1) is 30.7 Å². The fourth-order valence-electron chi connectivity index (χ4n) is 1.47. The number of hydrogen-bond acceptors (Lipinski definition) is 5. The van der Waals surface area contributed by atoms with Gasteiger partial charge in [0, 0.05) is 0 Å². The summed E-state index contributed by atoms with van der Waals surface area (Å²) in [5.74, 6) is 1.49. The maximum atomic E-state index is 5.21. The molecule has 0 fully saturated rings. The Bertz CT molecular complexity index is 586. The topological polar surface area (TPSA) is 68.2 Å². The van der Waals surface area contributed by atoms with Gasteiger partial charge >= 0.3 is 0 Å². The average molecular weight is 215 g/mol. The summed E-state index contributed by atoms with van der Waals surface area (Å²) >= 11 is 0. The van der Waals surface area contributed by atoms with E-state index in [1.807, 2.05) is 16.5 Å². The summed E-state index contributed by atoms with van der Waals surface area (Å²) in [6.45, 7) is 0.568. The van der Waals surface area contributed by atoms with E-state index in [-0.39, 0.29) is 0 Å². The minimum Gasteiger partial charge on any atom is -0.467 e. The molecule has 0 aromatic carbocycles. The first-order valence-electron chi connectivity index (χ1n) is 4.83. The van der Waals surface area contributed by atoms with Crippen LogP contribution in [0.4, 0.5) is 5.95 Å². The Kier molecular flexibility index (Phi) is 2.03. The van der Waals surface area contributed by atoms with E-state index in [4.69, 9.17) is 4.42 Å². The first-order chi connectivity index (χ1) is 7.93. The van der Waals surface area contributed by atoms with Crippen LogP contribution in [0.25, 0.3) is 5.52 Å². The molecule has 0 saturated carbocycles. The van der Waals surface area contributed by atoms with Crippen LogP contribution in [0.1, 0.15) is 5.76 Å². The molecular formula is C10H9N5O. The molecule has 6 heteroatoms. The molecule has 0 aliphatic carbocycles. The van der Waals surface area contributed by atoms with Crippen molar-refractivity contribution < 1.29 is 4.42 Å². The second-order valence-electron chi connectivity index (χ2n) is 3.29. The molecule has 80 valence electrons. The van der Waals surface area contributed by atoms with Gasteiger partial charge in [-0.2, -0.15) is 5.10 Å². The van der Waals surface area contributed by atoms with Gasteiger partial charge in [0.2, 0.25) is 5.95 Å². The van der Waals surface area contributed by atoms with E-state index < -0.39 is 0 Å². The first kappa shape index (κ1) is 8.90. The Labute approximate surface area is 90.9 Å². The minimum absolute atomic E-state index is 0.568. The highest BCUT2D eigenvalue weighted by molar-refractivity contribution is 5.47. The molecule has 3 heterocycles. The van der Waals surface area contributed by atoms with Crippen LogP contribution in [-0.2, 0) is 6.54 Å². The number of imidazole rings is 1. The fraction of sp³-hybridized carbons (Fsp3) is 0.100. The van der Waals surface area contributed by atoms with Crippen molar-refractivity contribution in [2.75, 3.05) is 5.32 Å². The number of anilines is 1. The van der Waals surface area contributed by atoms with Crippen molar-refractivity contribution in [3.8, 4) is 0 Å². The van der Waals surface area contributed by atoms with Gasteiger partial charge in [-0.1, -0.05) is 0 Å². The van der Waals surface area contributed by atoms with Crippen molar-refractivity contribution in [1.29, 1.82) is 0 Å². The zero-order valence-electron chi connectivity index (χ0n) is 8.37. The lowest BCUT2D eigenvalue weighted by molar-refractivity contribution is 0.517. The van der Waals surface area contributed by atoms with E-state index in [0.29, 0.717) is 12.5 Å². The Hall–Kier alpha value is -2.37. The number of fused-ring (bicyclic) bond motifs is 1. The lowest BCUT2D eigenvalue weighted by atomic mass is 10.4. The van der Waals surface area contributed by atoms with Gasteiger partial charge in [-0.3, -0.25) is 4.40 Å². The zero-order valence-corrected chi connectivity index (χ0v) is 8.37. The van der Waals surface area contributed by atoms with E-state index in [1.54, 1.807) is 25.0 Å². The molecular weight excluding hydrogens is 206 g/mol. The van der Waals surface area contributed by atoms with Gasteiger partial charge in [-0.05, 0) is 12.1 Å². The normalized spacial score (nSPS) is 10.8. The summed E-state index contributed by atoms with van der Waals surface area (Å²) in [4.78, 5) is 4.03. The lowest BCUT2D eigenvalue weighted by Crippen LogP contribution is -2.06. The summed E-state index contributed by atoms with van der Waals surface area (Å²) in [5, 5.41) is 11.0. The summed E-state index contributed by atoms with van der Waals surface area (Å²) in [5.41, 5.74) is 0.900. The van der Waals surface area contributed by atoms with Crippen molar-refractivity contribution in [1.82, 2.24) is 19.6 Å². The fourth-order valence-corrected chi connectivity index (χ4v) is 1.47. The third-order valence-corrected chi connectivity index (χ3v) is 2.24. The number of rotatable bonds is 3. The Morgan fingerprint density at radius 2 is 2.38 bits per heavy atom. The third-order valence-electron chi connectivity index (χ3n) is 2.24. The van der Waals surface area contributed by atoms with Crippen LogP contribution in [0.15, 0.2) is 41.5 Å². The van der Waals surface area contributed by atoms with Crippen LogP contribution in [0, 0.1) is 0 Å². The highest BCUT2D eigenvalue weighted by Crippen LogP contribution is 2.08. The molecule has 1 N–H and O–H groups in total. The molecule has 0 radical (unpaired) electrons. The number of furan rings is 1. The van der Waals surface area contributed by atoms with E-state index in [0.717, 1.165) is 11.3 Å². The molecule has 3 aromatic rings. The monoisotopic (exact) mass is 215 g/mol. The van der Waals surface area contributed by atoms with Crippen LogP contribution < -0.4 is 5.32 Å². The molecule has 3 aromatic heterocycles. The number of hydrogen-bond donors (Lipinski definition) is 1. The molecule has 0 aliphatic rings. The molecule has 0 amide bonds. The summed E-state index contributed by atoms with van der Waals surface area (Å²) in [6.07, 6.45) is 6.72. The highest BCUT2D eigenvalue weighted by atomic mass is 16.3. The molecule has 16 heavy (non-hydrogen) atoms. The van der Waals surface area contributed by atoms with Gasteiger partial charge in [-0.15, -0.1) is 5.10 Å². The Morgan fingerprint density at radius 3 is 3.25 bits per heavy atom. The summed E-state index contributed by atoms with van der Waals surface area (Å²) in [6, 6.07) is 3.75. The van der Waals surface area contributed by atoms with Crippen LogP contribution in [0.3, 0.4) is 0 Å². The maximum absolute atomic E-state index is 5.21. The average Bonchev–Trinajstić information content (AvgIpc) is 2.97. The number of aromatic nitrogens is 4. The van der Waals surface area contributed by atoms with E-state index >= 15 is 0 Å². The van der Waals surface area contributed by atoms with E-state index in [2.05, 4.69) is 20.5 Å². The van der Waals surface area contributed by atoms with E-state index in [9.17, 15) is 0 Å². The van der Waals surface area contributed by atoms with Crippen LogP contribution >= 0.6 is 0 Å². The molecule has 0 unspecified atom stereocenters. The first-order valence-corrected chi connectivity index (χ1v) is 4.83. The second-order valence-corrected chi connectivity index (χ2v) is 3.29.